The molecular formula is C29H36ClN3O4S. The number of carbonyl (C=O) groups excluding carboxylic acids is 2. The predicted molar refractivity (Wildman–Crippen MR) is 155 cm³/mol. The Morgan fingerprint density at radius 2 is 1.71 bits per heavy atom. The van der Waals surface area contributed by atoms with Crippen LogP contribution in [0.4, 0.5) is 10.5 Å². The van der Waals surface area contributed by atoms with E-state index in [0.717, 1.165) is 16.0 Å². The maximum atomic E-state index is 13.7. The number of hydrogen-bond donors (Lipinski definition) is 1. The Bertz CT molecular complexity index is 1210. The molecule has 0 fully saturated rings. The lowest BCUT2D eigenvalue weighted by molar-refractivity contribution is -0.132. The number of halogens is 1. The van der Waals surface area contributed by atoms with Crippen molar-refractivity contribution in [3.63, 3.8) is 0 Å². The van der Waals surface area contributed by atoms with Crippen LogP contribution in [0.2, 0.25) is 5.02 Å². The standard InChI is InChI=1S/C29H36ClN3O4S/c1-20(2)17-33(29(35)31-24-9-7-23(30)8-10-24)19-28(34)32(18-27-21(3)13-15-38-27)14-12-22-6-11-25(36-4)26(16-22)37-5/h6-11,13,15-16,20H,12,14,17-19H2,1-5H3,(H,31,35). The molecule has 38 heavy (non-hydrogen) atoms. The van der Waals surface area contributed by atoms with Crippen molar-refractivity contribution in [1.82, 2.24) is 9.80 Å². The molecule has 0 saturated heterocycles. The van der Waals surface area contributed by atoms with E-state index in [1.165, 1.54) is 0 Å². The Kier molecular flexibility index (Phi) is 10.9. The zero-order valence-corrected chi connectivity index (χ0v) is 24.2. The van der Waals surface area contributed by atoms with Gasteiger partial charge in [-0.05, 0) is 78.2 Å². The average Bonchev–Trinajstić information content (AvgIpc) is 3.30. The molecule has 7 nitrogen and oxygen atoms in total. The summed E-state index contributed by atoms with van der Waals surface area (Å²) < 4.78 is 10.8. The third-order valence-corrected chi connectivity index (χ3v) is 7.33. The van der Waals surface area contributed by atoms with E-state index >= 15 is 0 Å². The normalized spacial score (nSPS) is 10.8. The first-order valence-electron chi connectivity index (χ1n) is 12.5. The van der Waals surface area contributed by atoms with Crippen molar-refractivity contribution in [1.29, 1.82) is 0 Å². The maximum Gasteiger partial charge on any atom is 0.322 e. The smallest absolute Gasteiger partial charge is 0.322 e. The van der Waals surface area contributed by atoms with Crippen molar-refractivity contribution in [3.8, 4) is 11.5 Å². The number of rotatable bonds is 12. The fraction of sp³-hybridized carbons (Fsp3) is 0.379. The molecule has 0 bridgehead atoms. The van der Waals surface area contributed by atoms with Gasteiger partial charge in [0.2, 0.25) is 5.91 Å². The molecule has 0 radical (unpaired) electrons. The van der Waals surface area contributed by atoms with E-state index in [1.54, 1.807) is 54.7 Å². The Hall–Kier alpha value is -3.23. The van der Waals surface area contributed by atoms with Crippen LogP contribution in [0.1, 0.15) is 29.9 Å². The highest BCUT2D eigenvalue weighted by molar-refractivity contribution is 7.10. The summed E-state index contributed by atoms with van der Waals surface area (Å²) in [6.07, 6.45) is 0.637. The molecule has 0 aliphatic carbocycles. The second-order valence-corrected chi connectivity index (χ2v) is 10.9. The average molecular weight is 558 g/mol. The van der Waals surface area contributed by atoms with E-state index in [9.17, 15) is 9.59 Å². The number of nitrogens with one attached hydrogen (secondary N) is 1. The third-order valence-electron chi connectivity index (χ3n) is 6.07. The van der Waals surface area contributed by atoms with Gasteiger partial charge in [-0.2, -0.15) is 0 Å². The van der Waals surface area contributed by atoms with Crippen LogP contribution in [-0.4, -0.2) is 55.6 Å². The summed E-state index contributed by atoms with van der Waals surface area (Å²) in [7, 11) is 3.21. The second-order valence-electron chi connectivity index (χ2n) is 9.49. The number of urea groups is 1. The summed E-state index contributed by atoms with van der Waals surface area (Å²) in [5.41, 5.74) is 2.81. The molecule has 9 heteroatoms. The van der Waals surface area contributed by atoms with E-state index in [-0.39, 0.29) is 24.4 Å². The van der Waals surface area contributed by atoms with Gasteiger partial charge < -0.3 is 24.6 Å². The summed E-state index contributed by atoms with van der Waals surface area (Å²) in [5.74, 6) is 1.40. The van der Waals surface area contributed by atoms with Gasteiger partial charge >= 0.3 is 6.03 Å². The van der Waals surface area contributed by atoms with E-state index in [2.05, 4.69) is 11.4 Å². The number of benzene rings is 2. The number of ether oxygens (including phenoxy) is 2. The number of thiophene rings is 1. The number of nitrogens with zero attached hydrogens (tertiary/aromatic N) is 2. The van der Waals surface area contributed by atoms with Crippen molar-refractivity contribution >= 4 is 40.6 Å². The Morgan fingerprint density at radius 1 is 1.00 bits per heavy atom. The first-order valence-corrected chi connectivity index (χ1v) is 13.8. The quantitative estimate of drug-likeness (QED) is 0.276. The van der Waals surface area contributed by atoms with Gasteiger partial charge in [0.25, 0.3) is 0 Å². The minimum atomic E-state index is -0.318. The van der Waals surface area contributed by atoms with Crippen LogP contribution >= 0.6 is 22.9 Å². The lowest BCUT2D eigenvalue weighted by Crippen LogP contribution is -2.46. The highest BCUT2D eigenvalue weighted by atomic mass is 35.5. The molecule has 3 rings (SSSR count). The van der Waals surface area contributed by atoms with Crippen molar-refractivity contribution < 1.29 is 19.1 Å². The van der Waals surface area contributed by atoms with Gasteiger partial charge in [0.05, 0.1) is 20.8 Å². The van der Waals surface area contributed by atoms with E-state index in [4.69, 9.17) is 21.1 Å². The van der Waals surface area contributed by atoms with Gasteiger partial charge in [0.1, 0.15) is 6.54 Å². The van der Waals surface area contributed by atoms with Gasteiger partial charge in [-0.15, -0.1) is 11.3 Å². The SMILES string of the molecule is COc1ccc(CCN(Cc2sccc2C)C(=O)CN(CC(C)C)C(=O)Nc2ccc(Cl)cc2)cc1OC. The van der Waals surface area contributed by atoms with Crippen LogP contribution in [0.25, 0.3) is 0 Å². The minimum Gasteiger partial charge on any atom is -0.493 e. The molecule has 0 spiro atoms. The molecule has 0 aliphatic rings. The number of methoxy groups -OCH3 is 2. The minimum absolute atomic E-state index is 0.0199. The molecule has 2 aromatic carbocycles. The first kappa shape index (κ1) is 29.3. The molecule has 0 saturated carbocycles. The van der Waals surface area contributed by atoms with Gasteiger partial charge in [-0.25, -0.2) is 4.79 Å². The highest BCUT2D eigenvalue weighted by Crippen LogP contribution is 2.28. The van der Waals surface area contributed by atoms with Crippen LogP contribution in [0, 0.1) is 12.8 Å². The molecule has 3 amide bonds. The Labute approximate surface area is 234 Å². The van der Waals surface area contributed by atoms with E-state index in [1.807, 2.05) is 49.3 Å². The molecule has 0 atom stereocenters. The Balaban J connectivity index is 1.77. The molecular weight excluding hydrogens is 522 g/mol. The van der Waals surface area contributed by atoms with Crippen LogP contribution in [0.5, 0.6) is 11.5 Å². The molecule has 204 valence electrons. The lowest BCUT2D eigenvalue weighted by Gasteiger charge is -2.29. The fourth-order valence-corrected chi connectivity index (χ4v) is 5.04. The molecule has 0 aliphatic heterocycles. The zero-order valence-electron chi connectivity index (χ0n) is 22.6. The summed E-state index contributed by atoms with van der Waals surface area (Å²) >= 11 is 7.61. The van der Waals surface area contributed by atoms with Crippen molar-refractivity contribution in [3.05, 3.63) is 74.9 Å². The summed E-state index contributed by atoms with van der Waals surface area (Å²) in [5, 5.41) is 5.51. The first-order chi connectivity index (χ1) is 18.2. The van der Waals surface area contributed by atoms with Gasteiger partial charge in [-0.1, -0.05) is 31.5 Å². The lowest BCUT2D eigenvalue weighted by atomic mass is 10.1. The van der Waals surface area contributed by atoms with Gasteiger partial charge in [0.15, 0.2) is 11.5 Å². The fourth-order valence-electron chi connectivity index (χ4n) is 3.99. The molecule has 1 heterocycles. The second kappa shape index (κ2) is 14.1. The molecule has 1 aromatic heterocycles. The van der Waals surface area contributed by atoms with E-state index in [0.29, 0.717) is 48.3 Å². The largest absolute Gasteiger partial charge is 0.493 e. The maximum absolute atomic E-state index is 13.7. The summed E-state index contributed by atoms with van der Waals surface area (Å²) in [6.45, 7) is 7.52. The molecule has 3 aromatic rings. The Morgan fingerprint density at radius 3 is 2.32 bits per heavy atom. The number of carbonyl (C=O) groups is 2. The zero-order chi connectivity index (χ0) is 27.7. The molecule has 1 N–H and O–H groups in total. The highest BCUT2D eigenvalue weighted by Gasteiger charge is 2.23. The number of hydrogen-bond acceptors (Lipinski definition) is 5. The topological polar surface area (TPSA) is 71.1 Å². The van der Waals surface area contributed by atoms with Gasteiger partial charge in [0, 0.05) is 28.7 Å². The number of aryl methyl sites for hydroxylation is 1. The monoisotopic (exact) mass is 557 g/mol. The van der Waals surface area contributed by atoms with Crippen LogP contribution in [0.3, 0.4) is 0 Å². The third kappa shape index (κ3) is 8.39. The van der Waals surface area contributed by atoms with Crippen LogP contribution in [0.15, 0.2) is 53.9 Å². The van der Waals surface area contributed by atoms with Crippen molar-refractivity contribution in [2.75, 3.05) is 39.2 Å². The number of amides is 3. The summed E-state index contributed by atoms with van der Waals surface area (Å²) in [6, 6.07) is 14.4. The number of anilines is 1. The van der Waals surface area contributed by atoms with Crippen molar-refractivity contribution in [2.24, 2.45) is 5.92 Å². The molecule has 0 unspecified atom stereocenters. The predicted octanol–water partition coefficient (Wildman–Crippen LogP) is 6.49. The summed E-state index contributed by atoms with van der Waals surface area (Å²) in [4.78, 5) is 31.4. The van der Waals surface area contributed by atoms with E-state index < -0.39 is 0 Å². The van der Waals surface area contributed by atoms with Crippen LogP contribution < -0.4 is 14.8 Å². The van der Waals surface area contributed by atoms with Crippen molar-refractivity contribution in [2.45, 2.75) is 33.7 Å². The van der Waals surface area contributed by atoms with Gasteiger partial charge in [-0.3, -0.25) is 4.79 Å². The van der Waals surface area contributed by atoms with Crippen LogP contribution in [-0.2, 0) is 17.8 Å².